The van der Waals surface area contributed by atoms with Crippen LogP contribution in [0, 0.1) is 13.8 Å². The summed E-state index contributed by atoms with van der Waals surface area (Å²) >= 11 is 0. The van der Waals surface area contributed by atoms with E-state index in [4.69, 9.17) is 4.42 Å². The molecule has 4 nitrogen and oxygen atoms in total. The third-order valence-electron chi connectivity index (χ3n) is 3.39. The zero-order valence-corrected chi connectivity index (χ0v) is 11.5. The average Bonchev–Trinajstić information content (AvgIpc) is 2.37. The minimum Gasteiger partial charge on any atom is -0.437 e. The van der Waals surface area contributed by atoms with Crippen LogP contribution in [0.2, 0.25) is 0 Å². The largest absolute Gasteiger partial charge is 0.437 e. The molecule has 4 heteroatoms. The van der Waals surface area contributed by atoms with E-state index in [-0.39, 0.29) is 16.9 Å². The van der Waals surface area contributed by atoms with Gasteiger partial charge in [0, 0.05) is 5.56 Å². The van der Waals surface area contributed by atoms with Crippen LogP contribution in [-0.2, 0) is 0 Å². The number of aromatic nitrogens is 1. The van der Waals surface area contributed by atoms with Crippen LogP contribution < -0.4 is 5.43 Å². The molecule has 20 heavy (non-hydrogen) atoms. The fourth-order valence-corrected chi connectivity index (χ4v) is 2.33. The molecule has 0 saturated carbocycles. The number of aryl methyl sites for hydroxylation is 2. The summed E-state index contributed by atoms with van der Waals surface area (Å²) in [5.41, 5.74) is 2.67. The van der Waals surface area contributed by atoms with Crippen LogP contribution in [-0.4, -0.2) is 10.8 Å². The first kappa shape index (κ1) is 12.5. The molecule has 0 aliphatic rings. The van der Waals surface area contributed by atoms with Gasteiger partial charge in [-0.3, -0.25) is 9.59 Å². The van der Waals surface area contributed by atoms with Crippen molar-refractivity contribution in [2.24, 2.45) is 0 Å². The van der Waals surface area contributed by atoms with E-state index in [1.165, 1.54) is 6.92 Å². The van der Waals surface area contributed by atoms with E-state index in [1.54, 1.807) is 19.1 Å². The Labute approximate surface area is 115 Å². The van der Waals surface area contributed by atoms with Gasteiger partial charge in [0.15, 0.2) is 5.78 Å². The van der Waals surface area contributed by atoms with Crippen LogP contribution in [0.3, 0.4) is 0 Å². The van der Waals surface area contributed by atoms with Crippen molar-refractivity contribution in [1.82, 2.24) is 4.98 Å². The van der Waals surface area contributed by atoms with Gasteiger partial charge in [0.25, 0.3) is 0 Å². The molecule has 0 spiro atoms. The van der Waals surface area contributed by atoms with E-state index < -0.39 is 0 Å². The van der Waals surface area contributed by atoms with Crippen molar-refractivity contribution in [2.75, 3.05) is 0 Å². The summed E-state index contributed by atoms with van der Waals surface area (Å²) in [6.45, 7) is 5.12. The monoisotopic (exact) mass is 267 g/mol. The maximum atomic E-state index is 12.5. The number of benzene rings is 1. The quantitative estimate of drug-likeness (QED) is 0.502. The van der Waals surface area contributed by atoms with Crippen LogP contribution in [0.1, 0.15) is 28.5 Å². The van der Waals surface area contributed by atoms with E-state index in [0.717, 1.165) is 5.56 Å². The van der Waals surface area contributed by atoms with Gasteiger partial charge in [0.05, 0.1) is 16.5 Å². The molecule has 0 atom stereocenters. The van der Waals surface area contributed by atoms with Gasteiger partial charge in [-0.1, -0.05) is 6.07 Å². The molecule has 0 saturated heterocycles. The Morgan fingerprint density at radius 3 is 2.60 bits per heavy atom. The normalized spacial score (nSPS) is 11.2. The predicted molar refractivity (Wildman–Crippen MR) is 77.3 cm³/mol. The molecule has 1 aromatic carbocycles. The first-order valence-corrected chi connectivity index (χ1v) is 6.33. The van der Waals surface area contributed by atoms with Gasteiger partial charge in [-0.2, -0.15) is 0 Å². The number of fused-ring (bicyclic) bond motifs is 2. The lowest BCUT2D eigenvalue weighted by Gasteiger charge is -2.05. The number of carbonyl (C=O) groups is 1. The number of hydrogen-bond acceptors (Lipinski definition) is 4. The Hall–Kier alpha value is -2.49. The van der Waals surface area contributed by atoms with E-state index in [2.05, 4.69) is 4.98 Å². The molecule has 0 fully saturated rings. The van der Waals surface area contributed by atoms with Crippen molar-refractivity contribution in [3.05, 3.63) is 51.3 Å². The topological polar surface area (TPSA) is 60.2 Å². The van der Waals surface area contributed by atoms with Crippen LogP contribution in [0.4, 0.5) is 0 Å². The first-order chi connectivity index (χ1) is 9.47. The van der Waals surface area contributed by atoms with Gasteiger partial charge >= 0.3 is 0 Å². The van der Waals surface area contributed by atoms with Crippen LogP contribution in [0.25, 0.3) is 22.1 Å². The molecule has 100 valence electrons. The molecule has 2 heterocycles. The van der Waals surface area contributed by atoms with Crippen LogP contribution in [0.5, 0.6) is 0 Å². The standard InChI is InChI=1S/C16H13NO3/c1-8-4-5-11-14(6-8)20-16-13(15(11)19)7-12(10(3)18)9(2)17-16/h4-7H,1-3H3. The molecule has 0 N–H and O–H groups in total. The summed E-state index contributed by atoms with van der Waals surface area (Å²) in [5.74, 6) is -0.111. The molecule has 3 aromatic rings. The number of hydrogen-bond donors (Lipinski definition) is 0. The van der Waals surface area contributed by atoms with E-state index in [9.17, 15) is 9.59 Å². The van der Waals surface area contributed by atoms with Crippen molar-refractivity contribution in [1.29, 1.82) is 0 Å². The third kappa shape index (κ3) is 1.81. The van der Waals surface area contributed by atoms with Crippen molar-refractivity contribution in [2.45, 2.75) is 20.8 Å². The van der Waals surface area contributed by atoms with Crippen molar-refractivity contribution < 1.29 is 9.21 Å². The summed E-state index contributed by atoms with van der Waals surface area (Å²) < 4.78 is 5.70. The van der Waals surface area contributed by atoms with Gasteiger partial charge in [0.1, 0.15) is 5.58 Å². The second-order valence-electron chi connectivity index (χ2n) is 4.96. The molecule has 0 unspecified atom stereocenters. The fourth-order valence-electron chi connectivity index (χ4n) is 2.33. The number of nitrogens with zero attached hydrogens (tertiary/aromatic N) is 1. The lowest BCUT2D eigenvalue weighted by atomic mass is 10.1. The molecule has 2 aromatic heterocycles. The van der Waals surface area contributed by atoms with Gasteiger partial charge in [-0.25, -0.2) is 4.98 Å². The number of rotatable bonds is 1. The Morgan fingerprint density at radius 2 is 1.90 bits per heavy atom. The predicted octanol–water partition coefficient (Wildman–Crippen LogP) is 3.16. The summed E-state index contributed by atoms with van der Waals surface area (Å²) in [4.78, 5) is 28.3. The highest BCUT2D eigenvalue weighted by molar-refractivity contribution is 5.99. The highest BCUT2D eigenvalue weighted by atomic mass is 16.3. The van der Waals surface area contributed by atoms with Crippen LogP contribution >= 0.6 is 0 Å². The molecule has 0 aliphatic heterocycles. The minimum absolute atomic E-state index is 0.111. The lowest BCUT2D eigenvalue weighted by molar-refractivity contribution is 0.101. The molecular formula is C16H13NO3. The molecule has 0 radical (unpaired) electrons. The third-order valence-corrected chi connectivity index (χ3v) is 3.39. The zero-order valence-electron chi connectivity index (χ0n) is 11.5. The molecule has 0 bridgehead atoms. The highest BCUT2D eigenvalue weighted by Gasteiger charge is 2.13. The van der Waals surface area contributed by atoms with E-state index in [1.807, 2.05) is 19.1 Å². The molecular weight excluding hydrogens is 254 g/mol. The summed E-state index contributed by atoms with van der Waals surface area (Å²) in [5, 5.41) is 0.848. The maximum Gasteiger partial charge on any atom is 0.230 e. The second kappa shape index (κ2) is 4.27. The Kier molecular flexibility index (Phi) is 2.67. The Bertz CT molecular complexity index is 922. The maximum absolute atomic E-state index is 12.5. The summed E-state index contributed by atoms with van der Waals surface area (Å²) in [6.07, 6.45) is 0. The number of carbonyl (C=O) groups excluding carboxylic acids is 1. The Balaban J connectivity index is 2.50. The average molecular weight is 267 g/mol. The van der Waals surface area contributed by atoms with Gasteiger partial charge in [0.2, 0.25) is 11.1 Å². The van der Waals surface area contributed by atoms with E-state index >= 15 is 0 Å². The second-order valence-corrected chi connectivity index (χ2v) is 4.96. The fraction of sp³-hybridized carbons (Fsp3) is 0.188. The van der Waals surface area contributed by atoms with Crippen molar-refractivity contribution in [3.63, 3.8) is 0 Å². The summed E-state index contributed by atoms with van der Waals surface area (Å²) in [7, 11) is 0. The minimum atomic E-state index is -0.156. The van der Waals surface area contributed by atoms with Crippen molar-refractivity contribution >= 4 is 27.9 Å². The summed E-state index contributed by atoms with van der Waals surface area (Å²) in [6, 6.07) is 6.99. The lowest BCUT2D eigenvalue weighted by Crippen LogP contribution is -2.07. The van der Waals surface area contributed by atoms with Gasteiger partial charge in [-0.15, -0.1) is 0 Å². The SMILES string of the molecule is CC(=O)c1cc2c(=O)c3ccc(C)cc3oc2nc1C. The Morgan fingerprint density at radius 1 is 1.15 bits per heavy atom. The zero-order chi connectivity index (χ0) is 14.4. The number of Topliss-reactive ketones (excluding diaryl/α,β-unsaturated/α-hetero) is 1. The first-order valence-electron chi connectivity index (χ1n) is 6.33. The highest BCUT2D eigenvalue weighted by Crippen LogP contribution is 2.20. The number of ketones is 1. The van der Waals surface area contributed by atoms with Crippen LogP contribution in [0.15, 0.2) is 33.5 Å². The molecule has 0 aliphatic carbocycles. The van der Waals surface area contributed by atoms with E-state index in [0.29, 0.717) is 27.6 Å². The molecule has 3 rings (SSSR count). The van der Waals surface area contributed by atoms with Crippen molar-refractivity contribution in [3.8, 4) is 0 Å². The smallest absolute Gasteiger partial charge is 0.230 e. The van der Waals surface area contributed by atoms with Gasteiger partial charge in [-0.05, 0) is 44.5 Å². The van der Waals surface area contributed by atoms with Gasteiger partial charge < -0.3 is 4.42 Å². The molecule has 0 amide bonds. The number of pyridine rings is 1.